The molecule has 1 rings (SSSR count). The van der Waals surface area contributed by atoms with Crippen molar-refractivity contribution < 1.29 is 19.4 Å². The van der Waals surface area contributed by atoms with Crippen LogP contribution < -0.4 is 0 Å². The highest BCUT2D eigenvalue weighted by atomic mass is 16.6. The van der Waals surface area contributed by atoms with Crippen molar-refractivity contribution in [3.05, 3.63) is 0 Å². The van der Waals surface area contributed by atoms with E-state index >= 15 is 0 Å². The van der Waals surface area contributed by atoms with E-state index in [-0.39, 0.29) is 6.09 Å². The molecule has 1 unspecified atom stereocenters. The highest BCUT2D eigenvalue weighted by molar-refractivity contribution is 5.67. The normalized spacial score (nSPS) is 18.1. The molecule has 20 heavy (non-hydrogen) atoms. The number of nitrogens with zero attached hydrogens (tertiary/aromatic N) is 2. The summed E-state index contributed by atoms with van der Waals surface area (Å²) < 4.78 is 10.4. The summed E-state index contributed by atoms with van der Waals surface area (Å²) >= 11 is 0. The Bertz CT molecular complexity index is 268. The van der Waals surface area contributed by atoms with E-state index in [1.165, 1.54) is 0 Å². The molecular weight excluding hydrogens is 260 g/mol. The molecule has 0 bridgehead atoms. The number of β-amino-alcohol motifs (C(OH)–C–C–N with tert-alkyl or cyclic N) is 1. The number of carbonyl (C=O) groups is 1. The number of aliphatic hydroxyl groups excluding tert-OH is 1. The van der Waals surface area contributed by atoms with Gasteiger partial charge in [-0.3, -0.25) is 4.90 Å². The molecule has 1 atom stereocenters. The number of carbonyl (C=O) groups excluding carboxylic acids is 1. The highest BCUT2D eigenvalue weighted by Gasteiger charge is 2.23. The van der Waals surface area contributed by atoms with Gasteiger partial charge >= 0.3 is 6.09 Å². The van der Waals surface area contributed by atoms with Crippen molar-refractivity contribution in [2.75, 3.05) is 52.5 Å². The Labute approximate surface area is 121 Å². The van der Waals surface area contributed by atoms with Crippen LogP contribution in [0.1, 0.15) is 26.7 Å². The molecule has 0 saturated carbocycles. The van der Waals surface area contributed by atoms with E-state index in [0.29, 0.717) is 39.5 Å². The van der Waals surface area contributed by atoms with Gasteiger partial charge in [-0.2, -0.15) is 0 Å². The highest BCUT2D eigenvalue weighted by Crippen LogP contribution is 2.05. The predicted octanol–water partition coefficient (Wildman–Crippen LogP) is 0.938. The van der Waals surface area contributed by atoms with Crippen LogP contribution in [0.15, 0.2) is 0 Å². The summed E-state index contributed by atoms with van der Waals surface area (Å²) in [5, 5.41) is 9.89. The third-order valence-corrected chi connectivity index (χ3v) is 3.32. The zero-order valence-electron chi connectivity index (χ0n) is 12.7. The lowest BCUT2D eigenvalue weighted by molar-refractivity contribution is 0.00605. The number of amides is 1. The van der Waals surface area contributed by atoms with Crippen LogP contribution >= 0.6 is 0 Å². The number of rotatable bonds is 8. The molecule has 1 N–H and O–H groups in total. The molecule has 1 saturated heterocycles. The van der Waals surface area contributed by atoms with Crippen molar-refractivity contribution in [3.63, 3.8) is 0 Å². The summed E-state index contributed by atoms with van der Waals surface area (Å²) in [7, 11) is 0. The number of hydrogen-bond acceptors (Lipinski definition) is 5. The molecule has 0 aromatic heterocycles. The summed E-state index contributed by atoms with van der Waals surface area (Å²) in [6.45, 7) is 8.88. The monoisotopic (exact) mass is 288 g/mol. The lowest BCUT2D eigenvalue weighted by atomic mass is 10.2. The van der Waals surface area contributed by atoms with Crippen LogP contribution in [0.5, 0.6) is 0 Å². The van der Waals surface area contributed by atoms with Crippen LogP contribution in [-0.2, 0) is 9.47 Å². The Balaban J connectivity index is 2.13. The Morgan fingerprint density at radius 3 is 2.55 bits per heavy atom. The van der Waals surface area contributed by atoms with Gasteiger partial charge < -0.3 is 19.5 Å². The van der Waals surface area contributed by atoms with Gasteiger partial charge in [0.15, 0.2) is 0 Å². The van der Waals surface area contributed by atoms with E-state index in [1.54, 1.807) is 4.90 Å². The molecule has 0 radical (unpaired) electrons. The Kier molecular flexibility index (Phi) is 8.57. The topological polar surface area (TPSA) is 62.2 Å². The lowest BCUT2D eigenvalue weighted by Gasteiger charge is -2.34. The minimum atomic E-state index is -0.457. The lowest BCUT2D eigenvalue weighted by Crippen LogP contribution is -2.51. The van der Waals surface area contributed by atoms with Crippen LogP contribution in [0.3, 0.4) is 0 Å². The summed E-state index contributed by atoms with van der Waals surface area (Å²) in [6.07, 6.45) is 1.44. The van der Waals surface area contributed by atoms with Crippen molar-refractivity contribution in [3.8, 4) is 0 Å². The van der Waals surface area contributed by atoms with Crippen molar-refractivity contribution in [2.24, 2.45) is 0 Å². The zero-order chi connectivity index (χ0) is 14.8. The van der Waals surface area contributed by atoms with Crippen molar-refractivity contribution in [2.45, 2.75) is 32.8 Å². The van der Waals surface area contributed by atoms with Crippen LogP contribution in [-0.4, -0.2) is 79.6 Å². The first-order valence-electron chi connectivity index (χ1n) is 7.57. The Hall–Kier alpha value is -0.850. The molecular formula is C14H28N2O4. The van der Waals surface area contributed by atoms with Gasteiger partial charge in [0.1, 0.15) is 0 Å². The number of unbranched alkanes of at least 4 members (excludes halogenated alkanes) is 1. The first-order valence-corrected chi connectivity index (χ1v) is 7.57. The maximum Gasteiger partial charge on any atom is 0.409 e. The van der Waals surface area contributed by atoms with E-state index in [1.807, 2.05) is 6.92 Å². The summed E-state index contributed by atoms with van der Waals surface area (Å²) in [4.78, 5) is 15.4. The second-order valence-corrected chi connectivity index (χ2v) is 5.07. The van der Waals surface area contributed by atoms with Crippen molar-refractivity contribution in [1.29, 1.82) is 0 Å². The van der Waals surface area contributed by atoms with Gasteiger partial charge in [-0.25, -0.2) is 4.79 Å². The second-order valence-electron chi connectivity index (χ2n) is 5.07. The smallest absolute Gasteiger partial charge is 0.409 e. The van der Waals surface area contributed by atoms with Gasteiger partial charge in [0.25, 0.3) is 0 Å². The average molecular weight is 288 g/mol. The molecule has 0 aromatic carbocycles. The minimum absolute atomic E-state index is 0.240. The standard InChI is InChI=1S/C14H28N2O4/c1-3-5-10-19-12-13(17)11-15-6-8-16(9-7-15)14(18)20-4-2/h13,17H,3-12H2,1-2H3. The van der Waals surface area contributed by atoms with Gasteiger partial charge in [-0.15, -0.1) is 0 Å². The summed E-state index contributed by atoms with van der Waals surface area (Å²) in [6, 6.07) is 0. The molecule has 1 heterocycles. The third kappa shape index (κ3) is 6.54. The number of ether oxygens (including phenoxy) is 2. The molecule has 0 aromatic rings. The molecule has 1 amide bonds. The second kappa shape index (κ2) is 9.96. The molecule has 1 aliphatic rings. The molecule has 118 valence electrons. The fourth-order valence-electron chi connectivity index (χ4n) is 2.14. The van der Waals surface area contributed by atoms with Crippen LogP contribution in [0.2, 0.25) is 0 Å². The van der Waals surface area contributed by atoms with E-state index in [0.717, 1.165) is 25.9 Å². The van der Waals surface area contributed by atoms with Gasteiger partial charge in [0.2, 0.25) is 0 Å². The number of aliphatic hydroxyl groups is 1. The Morgan fingerprint density at radius 2 is 1.95 bits per heavy atom. The molecule has 6 nitrogen and oxygen atoms in total. The van der Waals surface area contributed by atoms with Crippen molar-refractivity contribution in [1.82, 2.24) is 9.80 Å². The maximum atomic E-state index is 11.5. The molecule has 1 aliphatic heterocycles. The van der Waals surface area contributed by atoms with Crippen LogP contribution in [0, 0.1) is 0 Å². The Morgan fingerprint density at radius 1 is 1.25 bits per heavy atom. The van der Waals surface area contributed by atoms with Crippen LogP contribution in [0.4, 0.5) is 4.79 Å². The fourth-order valence-corrected chi connectivity index (χ4v) is 2.14. The van der Waals surface area contributed by atoms with Gasteiger partial charge in [-0.1, -0.05) is 13.3 Å². The van der Waals surface area contributed by atoms with Crippen LogP contribution in [0.25, 0.3) is 0 Å². The zero-order valence-corrected chi connectivity index (χ0v) is 12.7. The molecule has 6 heteroatoms. The number of piperazine rings is 1. The SMILES string of the molecule is CCCCOCC(O)CN1CCN(C(=O)OCC)CC1. The minimum Gasteiger partial charge on any atom is -0.450 e. The van der Waals surface area contributed by atoms with E-state index in [4.69, 9.17) is 9.47 Å². The predicted molar refractivity (Wildman–Crippen MR) is 76.8 cm³/mol. The largest absolute Gasteiger partial charge is 0.450 e. The average Bonchev–Trinajstić information content (AvgIpc) is 2.45. The number of hydrogen-bond donors (Lipinski definition) is 1. The quantitative estimate of drug-likeness (QED) is 0.674. The molecule has 1 fully saturated rings. The molecule has 0 aliphatic carbocycles. The van der Waals surface area contributed by atoms with Gasteiger partial charge in [-0.05, 0) is 13.3 Å². The summed E-state index contributed by atoms with van der Waals surface area (Å²) in [5.41, 5.74) is 0. The van der Waals surface area contributed by atoms with Gasteiger partial charge in [0.05, 0.1) is 19.3 Å². The third-order valence-electron chi connectivity index (χ3n) is 3.32. The van der Waals surface area contributed by atoms with Gasteiger partial charge in [0, 0.05) is 39.3 Å². The van der Waals surface area contributed by atoms with Crippen molar-refractivity contribution >= 4 is 6.09 Å². The van der Waals surface area contributed by atoms with E-state index in [2.05, 4.69) is 11.8 Å². The maximum absolute atomic E-state index is 11.5. The first-order chi connectivity index (χ1) is 9.67. The first kappa shape index (κ1) is 17.2. The summed E-state index contributed by atoms with van der Waals surface area (Å²) in [5.74, 6) is 0. The van der Waals surface area contributed by atoms with E-state index in [9.17, 15) is 9.90 Å². The fraction of sp³-hybridized carbons (Fsp3) is 0.929. The van der Waals surface area contributed by atoms with E-state index < -0.39 is 6.10 Å². The molecule has 0 spiro atoms.